The van der Waals surface area contributed by atoms with E-state index in [1.54, 1.807) is 38.1 Å². The molecular weight excluding hydrogens is 392 g/mol. The molecule has 1 atom stereocenters. The van der Waals surface area contributed by atoms with Gasteiger partial charge >= 0.3 is 5.97 Å². The molecule has 0 aliphatic rings. The van der Waals surface area contributed by atoms with E-state index in [1.165, 1.54) is 13.2 Å². The van der Waals surface area contributed by atoms with Crippen molar-refractivity contribution in [3.05, 3.63) is 63.7 Å². The Bertz CT molecular complexity index is 941. The molecule has 0 heterocycles. The van der Waals surface area contributed by atoms with Gasteiger partial charge in [-0.2, -0.15) is 0 Å². The number of methoxy groups -OCH3 is 1. The third-order valence-electron chi connectivity index (χ3n) is 4.79. The Kier molecular flexibility index (Phi) is 7.09. The van der Waals surface area contributed by atoms with E-state index in [2.05, 4.69) is 0 Å². The minimum absolute atomic E-state index is 0.210. The molecule has 0 saturated heterocycles. The first-order chi connectivity index (χ1) is 13.6. The lowest BCUT2D eigenvalue weighted by Crippen LogP contribution is -2.41. The van der Waals surface area contributed by atoms with E-state index in [-0.39, 0.29) is 5.78 Å². The number of hydrogen-bond acceptors (Lipinski definition) is 4. The Morgan fingerprint density at radius 1 is 1.17 bits per heavy atom. The molecule has 0 aliphatic heterocycles. The fourth-order valence-electron chi connectivity index (χ4n) is 2.86. The predicted molar refractivity (Wildman–Crippen MR) is 114 cm³/mol. The van der Waals surface area contributed by atoms with Gasteiger partial charge in [0.05, 0.1) is 12.7 Å². The summed E-state index contributed by atoms with van der Waals surface area (Å²) in [7, 11) is 1.48. The molecule has 0 fully saturated rings. The van der Waals surface area contributed by atoms with Crippen LogP contribution in [0.25, 0.3) is 6.08 Å². The van der Waals surface area contributed by atoms with Crippen LogP contribution < -0.4 is 9.47 Å². The Hall–Kier alpha value is -2.79. The average Bonchev–Trinajstić information content (AvgIpc) is 2.68. The van der Waals surface area contributed by atoms with E-state index in [0.717, 1.165) is 16.7 Å². The molecule has 0 radical (unpaired) electrons. The number of aryl methyl sites for hydroxylation is 2. The third-order valence-corrected chi connectivity index (χ3v) is 5.03. The summed E-state index contributed by atoms with van der Waals surface area (Å²) >= 11 is 5.94. The van der Waals surface area contributed by atoms with Crippen LogP contribution in [0.4, 0.5) is 0 Å². The van der Waals surface area contributed by atoms with Gasteiger partial charge < -0.3 is 14.6 Å². The van der Waals surface area contributed by atoms with Gasteiger partial charge in [-0.1, -0.05) is 24.6 Å². The van der Waals surface area contributed by atoms with Crippen LogP contribution in [0.1, 0.15) is 47.3 Å². The minimum Gasteiger partial charge on any atom is -0.496 e. The van der Waals surface area contributed by atoms with Crippen molar-refractivity contribution in [1.82, 2.24) is 0 Å². The van der Waals surface area contributed by atoms with Crippen LogP contribution in [0.15, 0.2) is 36.4 Å². The maximum atomic E-state index is 12.5. The zero-order valence-electron chi connectivity index (χ0n) is 17.2. The van der Waals surface area contributed by atoms with Crippen LogP contribution >= 0.6 is 11.6 Å². The van der Waals surface area contributed by atoms with Gasteiger partial charge in [-0.15, -0.1) is 0 Å². The van der Waals surface area contributed by atoms with Crippen molar-refractivity contribution >= 4 is 29.4 Å². The molecule has 0 amide bonds. The predicted octanol–water partition coefficient (Wildman–Crippen LogP) is 5.49. The van der Waals surface area contributed by atoms with Gasteiger partial charge in [0.1, 0.15) is 11.5 Å². The second kappa shape index (κ2) is 9.14. The normalized spacial score (nSPS) is 13.2. The molecule has 6 heteroatoms. The maximum Gasteiger partial charge on any atom is 0.347 e. The lowest BCUT2D eigenvalue weighted by molar-refractivity contribution is -0.154. The molecule has 0 spiro atoms. The van der Waals surface area contributed by atoms with E-state index >= 15 is 0 Å². The standard InChI is InChI=1S/C23H25ClO5/c1-6-23(4,22(26)27)29-21-14(2)11-16(12-15(21)3)7-10-19(25)18-9-8-17(24)13-20(18)28-5/h7-13H,6H2,1-5H3,(H,26,27)/b10-7+. The number of carboxylic acids is 1. The van der Waals surface area contributed by atoms with Crippen molar-refractivity contribution in [2.45, 2.75) is 39.7 Å². The summed E-state index contributed by atoms with van der Waals surface area (Å²) in [5, 5.41) is 9.94. The lowest BCUT2D eigenvalue weighted by atomic mass is 10.0. The van der Waals surface area contributed by atoms with Crippen LogP contribution in [0, 0.1) is 13.8 Å². The minimum atomic E-state index is -1.30. The van der Waals surface area contributed by atoms with Gasteiger partial charge in [-0.3, -0.25) is 4.79 Å². The molecule has 0 saturated carbocycles. The summed E-state index contributed by atoms with van der Waals surface area (Å²) in [6.07, 6.45) is 3.50. The topological polar surface area (TPSA) is 72.8 Å². The molecule has 29 heavy (non-hydrogen) atoms. The van der Waals surface area contributed by atoms with Crippen molar-refractivity contribution in [1.29, 1.82) is 0 Å². The molecular formula is C23H25ClO5. The van der Waals surface area contributed by atoms with E-state index in [9.17, 15) is 14.7 Å². The monoisotopic (exact) mass is 416 g/mol. The number of halogens is 1. The zero-order chi connectivity index (χ0) is 21.8. The SMILES string of the molecule is CCC(C)(Oc1c(C)cc(/C=C/C(=O)c2ccc(Cl)cc2OC)cc1C)C(=O)O. The highest BCUT2D eigenvalue weighted by Gasteiger charge is 2.34. The van der Waals surface area contributed by atoms with Gasteiger partial charge in [0, 0.05) is 5.02 Å². The quantitative estimate of drug-likeness (QED) is 0.454. The summed E-state index contributed by atoms with van der Waals surface area (Å²) in [5.74, 6) is -0.265. The number of ketones is 1. The highest BCUT2D eigenvalue weighted by molar-refractivity contribution is 6.31. The van der Waals surface area contributed by atoms with Gasteiger partial charge in [0.25, 0.3) is 0 Å². The summed E-state index contributed by atoms with van der Waals surface area (Å²) in [4.78, 5) is 24.1. The highest BCUT2D eigenvalue weighted by Crippen LogP contribution is 2.31. The number of allylic oxidation sites excluding steroid dienone is 1. The van der Waals surface area contributed by atoms with Crippen molar-refractivity contribution in [3.63, 3.8) is 0 Å². The fourth-order valence-corrected chi connectivity index (χ4v) is 3.03. The Balaban J connectivity index is 2.29. The van der Waals surface area contributed by atoms with Crippen LogP contribution in [0.3, 0.4) is 0 Å². The number of aliphatic carboxylic acids is 1. The van der Waals surface area contributed by atoms with Gasteiger partial charge in [-0.05, 0) is 80.3 Å². The molecule has 2 rings (SSSR count). The number of carbonyl (C=O) groups excluding carboxylic acids is 1. The first kappa shape index (κ1) is 22.5. The van der Waals surface area contributed by atoms with Gasteiger partial charge in [0.2, 0.25) is 5.60 Å². The number of ether oxygens (including phenoxy) is 2. The molecule has 5 nitrogen and oxygen atoms in total. The molecule has 0 bridgehead atoms. The molecule has 0 aliphatic carbocycles. The van der Waals surface area contributed by atoms with Crippen molar-refractivity contribution in [3.8, 4) is 11.5 Å². The third kappa shape index (κ3) is 5.18. The highest BCUT2D eigenvalue weighted by atomic mass is 35.5. The van der Waals surface area contributed by atoms with Gasteiger partial charge in [-0.25, -0.2) is 4.79 Å². The number of carboxylic acid groups (broad SMARTS) is 1. The lowest BCUT2D eigenvalue weighted by Gasteiger charge is -2.27. The van der Waals surface area contributed by atoms with E-state index in [4.69, 9.17) is 21.1 Å². The number of benzene rings is 2. The van der Waals surface area contributed by atoms with Crippen LogP contribution in [0.5, 0.6) is 11.5 Å². The largest absolute Gasteiger partial charge is 0.496 e. The molecule has 1 N–H and O–H groups in total. The molecule has 154 valence electrons. The van der Waals surface area contributed by atoms with E-state index in [1.807, 2.05) is 26.0 Å². The summed E-state index contributed by atoms with van der Waals surface area (Å²) in [5.41, 5.74) is 1.52. The molecule has 2 aromatic rings. The maximum absolute atomic E-state index is 12.5. The number of rotatable bonds is 8. The van der Waals surface area contributed by atoms with E-state index < -0.39 is 11.6 Å². The van der Waals surface area contributed by atoms with Crippen LogP contribution in [-0.2, 0) is 4.79 Å². The first-order valence-corrected chi connectivity index (χ1v) is 9.58. The zero-order valence-corrected chi connectivity index (χ0v) is 18.0. The van der Waals surface area contributed by atoms with Crippen LogP contribution in [0.2, 0.25) is 5.02 Å². The molecule has 1 unspecified atom stereocenters. The summed E-state index contributed by atoms with van der Waals surface area (Å²) in [6, 6.07) is 8.56. The fraction of sp³-hybridized carbons (Fsp3) is 0.304. The van der Waals surface area contributed by atoms with Gasteiger partial charge in [0.15, 0.2) is 5.78 Å². The number of hydrogen-bond donors (Lipinski definition) is 1. The first-order valence-electron chi connectivity index (χ1n) is 9.21. The van der Waals surface area contributed by atoms with Crippen molar-refractivity contribution in [2.75, 3.05) is 7.11 Å². The number of carbonyl (C=O) groups is 2. The van der Waals surface area contributed by atoms with Crippen LogP contribution in [-0.4, -0.2) is 29.6 Å². The Morgan fingerprint density at radius 2 is 1.79 bits per heavy atom. The Morgan fingerprint density at radius 3 is 2.31 bits per heavy atom. The second-order valence-electron chi connectivity index (χ2n) is 7.02. The summed E-state index contributed by atoms with van der Waals surface area (Å²) in [6.45, 7) is 7.02. The Labute approximate surface area is 175 Å². The smallest absolute Gasteiger partial charge is 0.347 e. The average molecular weight is 417 g/mol. The van der Waals surface area contributed by atoms with Crippen molar-refractivity contribution in [2.24, 2.45) is 0 Å². The second-order valence-corrected chi connectivity index (χ2v) is 7.45. The van der Waals surface area contributed by atoms with E-state index in [0.29, 0.717) is 28.5 Å². The molecule has 2 aromatic carbocycles. The van der Waals surface area contributed by atoms with Crippen molar-refractivity contribution < 1.29 is 24.2 Å². The molecule has 0 aromatic heterocycles. The summed E-state index contributed by atoms with van der Waals surface area (Å²) < 4.78 is 11.1.